The zero-order valence-corrected chi connectivity index (χ0v) is 8.92. The van der Waals surface area contributed by atoms with Crippen LogP contribution in [0.25, 0.3) is 16.0 Å². The first kappa shape index (κ1) is 10.9. The molecule has 0 aromatic heterocycles. The van der Waals surface area contributed by atoms with Gasteiger partial charge < -0.3 is 5.11 Å². The Bertz CT molecular complexity index is 595. The minimum atomic E-state index is -0.0264. The summed E-state index contributed by atoms with van der Waals surface area (Å²) in [6.07, 6.45) is 0.617. The van der Waals surface area contributed by atoms with Crippen molar-refractivity contribution in [2.24, 2.45) is 0 Å². The molecule has 1 N–H and O–H groups in total. The quantitative estimate of drug-likeness (QED) is 0.626. The van der Waals surface area contributed by atoms with Crippen molar-refractivity contribution in [1.82, 2.24) is 0 Å². The van der Waals surface area contributed by atoms with Crippen molar-refractivity contribution in [3.63, 3.8) is 0 Å². The average molecular weight is 223 g/mol. The van der Waals surface area contributed by atoms with Gasteiger partial charge in [0.15, 0.2) is 12.0 Å². The van der Waals surface area contributed by atoms with E-state index in [1.165, 1.54) is 6.07 Å². The van der Waals surface area contributed by atoms with Gasteiger partial charge in [-0.2, -0.15) is 0 Å². The van der Waals surface area contributed by atoms with Crippen LogP contribution >= 0.6 is 0 Å². The van der Waals surface area contributed by atoms with Crippen molar-refractivity contribution >= 4 is 12.0 Å². The molecule has 82 valence electrons. The molecular weight excluding hydrogens is 214 g/mol. The third-order valence-electron chi connectivity index (χ3n) is 2.48. The number of phenols is 1. The van der Waals surface area contributed by atoms with Gasteiger partial charge in [0, 0.05) is 0 Å². The highest BCUT2D eigenvalue weighted by atomic mass is 16.3. The van der Waals surface area contributed by atoms with Crippen molar-refractivity contribution in [2.75, 3.05) is 0 Å². The van der Waals surface area contributed by atoms with Crippen molar-refractivity contribution in [3.05, 3.63) is 59.4 Å². The second kappa shape index (κ2) is 4.50. The summed E-state index contributed by atoms with van der Waals surface area (Å²) in [6.45, 7) is 6.86. The molecule has 0 amide bonds. The van der Waals surface area contributed by atoms with E-state index in [-0.39, 0.29) is 11.3 Å². The third kappa shape index (κ3) is 2.16. The van der Waals surface area contributed by atoms with Crippen LogP contribution in [0.4, 0.5) is 5.69 Å². The van der Waals surface area contributed by atoms with E-state index in [1.54, 1.807) is 24.3 Å². The zero-order valence-electron chi connectivity index (χ0n) is 8.92. The number of benzene rings is 2. The molecule has 0 atom stereocenters. The zero-order chi connectivity index (χ0) is 12.3. The Balaban J connectivity index is 2.46. The van der Waals surface area contributed by atoms with E-state index in [0.717, 1.165) is 11.1 Å². The maximum absolute atomic E-state index is 10.7. The second-order valence-corrected chi connectivity index (χ2v) is 3.55. The molecule has 0 unspecified atom stereocenters. The van der Waals surface area contributed by atoms with Gasteiger partial charge in [-0.1, -0.05) is 30.3 Å². The summed E-state index contributed by atoms with van der Waals surface area (Å²) in [4.78, 5) is 14.0. The van der Waals surface area contributed by atoms with Gasteiger partial charge in [-0.25, -0.2) is 4.85 Å². The fourth-order valence-electron chi connectivity index (χ4n) is 1.56. The average Bonchev–Trinajstić information content (AvgIpc) is 2.39. The van der Waals surface area contributed by atoms with Crippen molar-refractivity contribution in [3.8, 4) is 16.9 Å². The number of hydrogen-bond acceptors (Lipinski definition) is 2. The molecule has 0 radical (unpaired) electrons. The molecule has 2 rings (SSSR count). The molecule has 0 spiro atoms. The Kier molecular flexibility index (Phi) is 2.89. The third-order valence-corrected chi connectivity index (χ3v) is 2.48. The SMILES string of the molecule is [C-]#[N+]c1ccc(-c2ccc(O)c(C=O)c2)cc1. The Morgan fingerprint density at radius 2 is 1.71 bits per heavy atom. The van der Waals surface area contributed by atoms with Crippen LogP contribution in [-0.2, 0) is 0 Å². The van der Waals surface area contributed by atoms with E-state index < -0.39 is 0 Å². The lowest BCUT2D eigenvalue weighted by molar-refractivity contribution is 0.112. The summed E-state index contributed by atoms with van der Waals surface area (Å²) < 4.78 is 0. The Hall–Kier alpha value is -2.60. The number of aldehydes is 1. The first-order valence-electron chi connectivity index (χ1n) is 5.00. The van der Waals surface area contributed by atoms with E-state index in [9.17, 15) is 9.90 Å². The lowest BCUT2D eigenvalue weighted by Gasteiger charge is -2.04. The van der Waals surface area contributed by atoms with Gasteiger partial charge in [0.25, 0.3) is 0 Å². The van der Waals surface area contributed by atoms with Crippen molar-refractivity contribution in [1.29, 1.82) is 0 Å². The standard InChI is InChI=1S/C14H9NO2/c1-15-13-5-2-10(3-6-13)11-4-7-14(17)12(8-11)9-16/h2-9,17H. The Morgan fingerprint density at radius 3 is 2.29 bits per heavy atom. The molecule has 3 heteroatoms. The van der Waals surface area contributed by atoms with Gasteiger partial charge >= 0.3 is 0 Å². The number of rotatable bonds is 2. The Morgan fingerprint density at radius 1 is 1.06 bits per heavy atom. The smallest absolute Gasteiger partial charge is 0.187 e. The molecule has 0 saturated carbocycles. The van der Waals surface area contributed by atoms with E-state index in [4.69, 9.17) is 6.57 Å². The molecule has 0 aliphatic rings. The number of aromatic hydroxyl groups is 1. The summed E-state index contributed by atoms with van der Waals surface area (Å²) in [6, 6.07) is 11.9. The Labute approximate surface area is 98.8 Å². The molecule has 2 aromatic rings. The van der Waals surface area contributed by atoms with Crippen molar-refractivity contribution < 1.29 is 9.90 Å². The fourth-order valence-corrected chi connectivity index (χ4v) is 1.56. The summed E-state index contributed by atoms with van der Waals surface area (Å²) in [5, 5.41) is 9.39. The summed E-state index contributed by atoms with van der Waals surface area (Å²) >= 11 is 0. The first-order chi connectivity index (χ1) is 8.24. The topological polar surface area (TPSA) is 41.7 Å². The van der Waals surface area contributed by atoms with Crippen LogP contribution in [0.1, 0.15) is 10.4 Å². The van der Waals surface area contributed by atoms with Gasteiger partial charge in [0.05, 0.1) is 12.1 Å². The lowest BCUT2D eigenvalue weighted by Crippen LogP contribution is -1.83. The van der Waals surface area contributed by atoms with Crippen LogP contribution in [0.3, 0.4) is 0 Å². The molecule has 3 nitrogen and oxygen atoms in total. The molecule has 0 bridgehead atoms. The molecular formula is C14H9NO2. The molecule has 0 aliphatic carbocycles. The molecule has 0 aliphatic heterocycles. The predicted octanol–water partition coefficient (Wildman–Crippen LogP) is 3.42. The van der Waals surface area contributed by atoms with E-state index in [0.29, 0.717) is 12.0 Å². The van der Waals surface area contributed by atoms with Crippen LogP contribution in [0.5, 0.6) is 5.75 Å². The highest BCUT2D eigenvalue weighted by molar-refractivity contribution is 5.82. The molecule has 0 heterocycles. The monoisotopic (exact) mass is 223 g/mol. The highest BCUT2D eigenvalue weighted by Crippen LogP contribution is 2.26. The van der Waals surface area contributed by atoms with E-state index in [1.807, 2.05) is 12.1 Å². The van der Waals surface area contributed by atoms with E-state index >= 15 is 0 Å². The maximum atomic E-state index is 10.7. The van der Waals surface area contributed by atoms with Gasteiger partial charge in [0.1, 0.15) is 5.75 Å². The number of phenolic OH excluding ortho intramolecular Hbond substituents is 1. The van der Waals surface area contributed by atoms with Crippen LogP contribution in [-0.4, -0.2) is 11.4 Å². The fraction of sp³-hybridized carbons (Fsp3) is 0. The van der Waals surface area contributed by atoms with Crippen molar-refractivity contribution in [2.45, 2.75) is 0 Å². The van der Waals surface area contributed by atoms with Gasteiger partial charge in [-0.05, 0) is 23.3 Å². The highest BCUT2D eigenvalue weighted by Gasteiger charge is 2.03. The molecule has 0 fully saturated rings. The predicted molar refractivity (Wildman–Crippen MR) is 65.2 cm³/mol. The summed E-state index contributed by atoms with van der Waals surface area (Å²) in [5.74, 6) is -0.0264. The van der Waals surface area contributed by atoms with Gasteiger partial charge in [-0.15, -0.1) is 0 Å². The van der Waals surface area contributed by atoms with Gasteiger partial charge in [0.2, 0.25) is 0 Å². The van der Waals surface area contributed by atoms with Crippen LogP contribution < -0.4 is 0 Å². The minimum absolute atomic E-state index is 0.0264. The lowest BCUT2D eigenvalue weighted by atomic mass is 10.0. The molecule has 0 saturated heterocycles. The molecule has 2 aromatic carbocycles. The summed E-state index contributed by atoms with van der Waals surface area (Å²) in [7, 11) is 0. The van der Waals surface area contributed by atoms with Crippen LogP contribution in [0, 0.1) is 6.57 Å². The number of nitrogens with zero attached hydrogens (tertiary/aromatic N) is 1. The minimum Gasteiger partial charge on any atom is -0.507 e. The number of carbonyl (C=O) groups excluding carboxylic acids is 1. The van der Waals surface area contributed by atoms with Gasteiger partial charge in [-0.3, -0.25) is 4.79 Å². The summed E-state index contributed by atoms with van der Waals surface area (Å²) in [5.41, 5.74) is 2.57. The molecule has 17 heavy (non-hydrogen) atoms. The normalized spacial score (nSPS) is 9.59. The van der Waals surface area contributed by atoms with E-state index in [2.05, 4.69) is 4.85 Å². The second-order valence-electron chi connectivity index (χ2n) is 3.55. The first-order valence-corrected chi connectivity index (χ1v) is 5.00. The largest absolute Gasteiger partial charge is 0.507 e. The number of carbonyl (C=O) groups is 1. The van der Waals surface area contributed by atoms with Crippen LogP contribution in [0.2, 0.25) is 0 Å². The maximum Gasteiger partial charge on any atom is 0.187 e. The number of hydrogen-bond donors (Lipinski definition) is 1. The van der Waals surface area contributed by atoms with Crippen LogP contribution in [0.15, 0.2) is 42.5 Å².